The Morgan fingerprint density at radius 3 is 2.38 bits per heavy atom. The number of rotatable bonds is 3. The molecule has 4 heteroatoms. The van der Waals surface area contributed by atoms with E-state index in [1.54, 1.807) is 0 Å². The lowest BCUT2D eigenvalue weighted by molar-refractivity contribution is 0.138. The molecule has 2 aliphatic heterocycles. The molecule has 2 aliphatic rings. The van der Waals surface area contributed by atoms with Crippen molar-refractivity contribution >= 4 is 5.65 Å². The second kappa shape index (κ2) is 9.01. The third-order valence-electron chi connectivity index (χ3n) is 6.04. The van der Waals surface area contributed by atoms with E-state index in [0.29, 0.717) is 5.92 Å². The molecule has 4 nitrogen and oxygen atoms in total. The number of hydrogen-bond acceptors (Lipinski definition) is 3. The van der Waals surface area contributed by atoms with Crippen LogP contribution in [0, 0.1) is 12.8 Å². The SMILES string of the molecule is CC.Cc1cc(C2CCN(CC3CCN(C)CC3)CC2)n2ccnc2c1. The van der Waals surface area contributed by atoms with Crippen LogP contribution >= 0.6 is 0 Å². The van der Waals surface area contributed by atoms with Gasteiger partial charge in [-0.15, -0.1) is 0 Å². The lowest BCUT2D eigenvalue weighted by Crippen LogP contribution is -2.40. The minimum absolute atomic E-state index is 0.676. The summed E-state index contributed by atoms with van der Waals surface area (Å²) >= 11 is 0. The van der Waals surface area contributed by atoms with Crippen LogP contribution in [0.2, 0.25) is 0 Å². The predicted molar refractivity (Wildman–Crippen MR) is 110 cm³/mol. The van der Waals surface area contributed by atoms with Gasteiger partial charge in [0.1, 0.15) is 5.65 Å². The highest BCUT2D eigenvalue weighted by atomic mass is 15.1. The first-order chi connectivity index (χ1) is 12.7. The molecule has 0 unspecified atom stereocenters. The van der Waals surface area contributed by atoms with Crippen LogP contribution in [0.5, 0.6) is 0 Å². The third-order valence-corrected chi connectivity index (χ3v) is 6.04. The quantitative estimate of drug-likeness (QED) is 0.824. The fraction of sp³-hybridized carbons (Fsp3) is 0.682. The fourth-order valence-corrected chi connectivity index (χ4v) is 4.52. The van der Waals surface area contributed by atoms with Crippen LogP contribution < -0.4 is 0 Å². The zero-order chi connectivity index (χ0) is 18.5. The van der Waals surface area contributed by atoms with E-state index in [0.717, 1.165) is 11.6 Å². The van der Waals surface area contributed by atoms with Gasteiger partial charge in [-0.2, -0.15) is 0 Å². The molecular weight excluding hydrogens is 320 g/mol. The topological polar surface area (TPSA) is 23.8 Å². The number of aromatic nitrogens is 2. The van der Waals surface area contributed by atoms with E-state index in [1.165, 1.54) is 69.7 Å². The Hall–Kier alpha value is -1.39. The smallest absolute Gasteiger partial charge is 0.137 e. The Kier molecular flexibility index (Phi) is 6.71. The molecule has 2 aromatic heterocycles. The van der Waals surface area contributed by atoms with Gasteiger partial charge in [0.25, 0.3) is 0 Å². The molecule has 4 heterocycles. The molecule has 0 spiro atoms. The molecule has 2 saturated heterocycles. The molecule has 0 atom stereocenters. The Labute approximate surface area is 159 Å². The summed E-state index contributed by atoms with van der Waals surface area (Å²) in [5.74, 6) is 1.59. The zero-order valence-corrected chi connectivity index (χ0v) is 17.1. The largest absolute Gasteiger partial charge is 0.306 e. The molecule has 0 bridgehead atoms. The van der Waals surface area contributed by atoms with Crippen molar-refractivity contribution in [2.75, 3.05) is 39.8 Å². The van der Waals surface area contributed by atoms with Crippen LogP contribution in [0.4, 0.5) is 0 Å². The monoisotopic (exact) mass is 356 g/mol. The first kappa shape index (κ1) is 19.4. The van der Waals surface area contributed by atoms with Gasteiger partial charge < -0.3 is 14.2 Å². The van der Waals surface area contributed by atoms with E-state index in [2.05, 4.69) is 51.5 Å². The average Bonchev–Trinajstić information content (AvgIpc) is 3.14. The van der Waals surface area contributed by atoms with E-state index in [1.807, 2.05) is 20.0 Å². The highest BCUT2D eigenvalue weighted by molar-refractivity contribution is 5.44. The summed E-state index contributed by atoms with van der Waals surface area (Å²) in [6.45, 7) is 12.6. The number of pyridine rings is 1. The molecular formula is C22H36N4. The fourth-order valence-electron chi connectivity index (χ4n) is 4.52. The number of hydrogen-bond donors (Lipinski definition) is 0. The van der Waals surface area contributed by atoms with E-state index in [-0.39, 0.29) is 0 Å². The molecule has 0 saturated carbocycles. The van der Waals surface area contributed by atoms with Gasteiger partial charge in [0.15, 0.2) is 0 Å². The van der Waals surface area contributed by atoms with E-state index >= 15 is 0 Å². The number of piperidine rings is 2. The van der Waals surface area contributed by atoms with Crippen LogP contribution in [0.25, 0.3) is 5.65 Å². The second-order valence-corrected chi connectivity index (χ2v) is 7.93. The van der Waals surface area contributed by atoms with Crippen LogP contribution in [-0.2, 0) is 0 Å². The van der Waals surface area contributed by atoms with Gasteiger partial charge in [0.2, 0.25) is 0 Å². The van der Waals surface area contributed by atoms with Crippen LogP contribution in [0.1, 0.15) is 56.7 Å². The summed E-state index contributed by atoms with van der Waals surface area (Å²) in [6.07, 6.45) is 9.36. The molecule has 0 aliphatic carbocycles. The molecule has 144 valence electrons. The highest BCUT2D eigenvalue weighted by Gasteiger charge is 2.25. The van der Waals surface area contributed by atoms with Gasteiger partial charge in [0.05, 0.1) is 0 Å². The molecule has 2 fully saturated rings. The third kappa shape index (κ3) is 4.47. The van der Waals surface area contributed by atoms with Gasteiger partial charge in [0, 0.05) is 30.6 Å². The maximum absolute atomic E-state index is 4.48. The van der Waals surface area contributed by atoms with Crippen molar-refractivity contribution in [3.63, 3.8) is 0 Å². The number of aryl methyl sites for hydroxylation is 1. The van der Waals surface area contributed by atoms with Gasteiger partial charge in [-0.3, -0.25) is 0 Å². The Morgan fingerprint density at radius 2 is 1.69 bits per heavy atom. The summed E-state index contributed by atoms with van der Waals surface area (Å²) < 4.78 is 2.30. The summed E-state index contributed by atoms with van der Waals surface area (Å²) in [6, 6.07) is 4.55. The van der Waals surface area contributed by atoms with Gasteiger partial charge >= 0.3 is 0 Å². The van der Waals surface area contributed by atoms with E-state index < -0.39 is 0 Å². The van der Waals surface area contributed by atoms with E-state index in [4.69, 9.17) is 0 Å². The lowest BCUT2D eigenvalue weighted by atomic mass is 9.90. The molecule has 0 N–H and O–H groups in total. The Morgan fingerprint density at radius 1 is 1.00 bits per heavy atom. The van der Waals surface area contributed by atoms with Gasteiger partial charge in [-0.25, -0.2) is 4.98 Å². The van der Waals surface area contributed by atoms with Crippen molar-refractivity contribution < 1.29 is 0 Å². The highest BCUT2D eigenvalue weighted by Crippen LogP contribution is 2.30. The standard InChI is InChI=1S/C20H30N4.C2H6/c1-16-13-19(24-12-7-21-20(24)14-16)18-5-10-23(11-6-18)15-17-3-8-22(2)9-4-17;1-2/h7,12-14,17-18H,3-6,8-11,15H2,1-2H3;1-2H3. The number of fused-ring (bicyclic) bond motifs is 1. The molecule has 2 aromatic rings. The molecule has 0 amide bonds. The first-order valence-corrected chi connectivity index (χ1v) is 10.5. The van der Waals surface area contributed by atoms with Gasteiger partial charge in [-0.05, 0) is 89.4 Å². The minimum Gasteiger partial charge on any atom is -0.306 e. The summed E-state index contributed by atoms with van der Waals surface area (Å²) in [5.41, 5.74) is 3.89. The van der Waals surface area contributed by atoms with Crippen LogP contribution in [0.3, 0.4) is 0 Å². The Bertz CT molecular complexity index is 677. The van der Waals surface area contributed by atoms with E-state index in [9.17, 15) is 0 Å². The molecule has 4 rings (SSSR count). The van der Waals surface area contributed by atoms with Gasteiger partial charge in [-0.1, -0.05) is 13.8 Å². The second-order valence-electron chi connectivity index (χ2n) is 7.93. The van der Waals surface area contributed by atoms with Crippen molar-refractivity contribution in [2.24, 2.45) is 5.92 Å². The Balaban J connectivity index is 0.000000948. The number of likely N-dealkylation sites (tertiary alicyclic amines) is 2. The first-order valence-electron chi connectivity index (χ1n) is 10.5. The van der Waals surface area contributed by atoms with Crippen LogP contribution in [0.15, 0.2) is 24.5 Å². The van der Waals surface area contributed by atoms with Crippen LogP contribution in [-0.4, -0.2) is 59.0 Å². The lowest BCUT2D eigenvalue weighted by Gasteiger charge is -2.37. The predicted octanol–water partition coefficient (Wildman–Crippen LogP) is 4.19. The summed E-state index contributed by atoms with van der Waals surface area (Å²) in [7, 11) is 2.25. The average molecular weight is 357 g/mol. The molecule has 26 heavy (non-hydrogen) atoms. The summed E-state index contributed by atoms with van der Waals surface area (Å²) in [4.78, 5) is 9.67. The maximum Gasteiger partial charge on any atom is 0.137 e. The number of nitrogens with zero attached hydrogens (tertiary/aromatic N) is 4. The molecule has 0 radical (unpaired) electrons. The molecule has 0 aromatic carbocycles. The van der Waals surface area contributed by atoms with Crippen molar-refractivity contribution in [1.29, 1.82) is 0 Å². The summed E-state index contributed by atoms with van der Waals surface area (Å²) in [5, 5.41) is 0. The van der Waals surface area contributed by atoms with Crippen molar-refractivity contribution in [1.82, 2.24) is 19.2 Å². The number of imidazole rings is 1. The maximum atomic E-state index is 4.48. The van der Waals surface area contributed by atoms with Crippen molar-refractivity contribution in [3.05, 3.63) is 35.8 Å². The van der Waals surface area contributed by atoms with Crippen molar-refractivity contribution in [3.8, 4) is 0 Å². The van der Waals surface area contributed by atoms with Crippen molar-refractivity contribution in [2.45, 2.75) is 52.4 Å². The zero-order valence-electron chi connectivity index (χ0n) is 17.1. The normalized spacial score (nSPS) is 20.9. The minimum atomic E-state index is 0.676.